The third kappa shape index (κ3) is 2.41. The molecule has 3 heterocycles. The van der Waals surface area contributed by atoms with E-state index < -0.39 is 0 Å². The minimum Gasteiger partial charge on any atom is -0.378 e. The van der Waals surface area contributed by atoms with Crippen LogP contribution in [0.15, 0.2) is 6.08 Å². The molecule has 5 nitrogen and oxygen atoms in total. The maximum absolute atomic E-state index is 5.39. The van der Waals surface area contributed by atoms with Crippen LogP contribution in [0.4, 0.5) is 5.82 Å². The van der Waals surface area contributed by atoms with Crippen molar-refractivity contribution < 1.29 is 4.74 Å². The van der Waals surface area contributed by atoms with Gasteiger partial charge in [0.15, 0.2) is 5.82 Å². The highest BCUT2D eigenvalue weighted by Crippen LogP contribution is 2.28. The molecule has 2 aliphatic rings. The Hall–Kier alpha value is -0.980. The minimum absolute atomic E-state index is 0.788. The SMILES string of the molecule is CN1CCC=C(c2nsnc2N2CCOCC2)C1. The van der Waals surface area contributed by atoms with Gasteiger partial charge in [0.2, 0.25) is 0 Å². The van der Waals surface area contributed by atoms with E-state index in [9.17, 15) is 0 Å². The maximum atomic E-state index is 5.39. The Morgan fingerprint density at radius 1 is 1.22 bits per heavy atom. The number of rotatable bonds is 2. The first-order valence-corrected chi connectivity index (χ1v) is 7.11. The summed E-state index contributed by atoms with van der Waals surface area (Å²) in [5.74, 6) is 1.05. The summed E-state index contributed by atoms with van der Waals surface area (Å²) in [5.41, 5.74) is 2.40. The number of aromatic nitrogens is 2. The van der Waals surface area contributed by atoms with Gasteiger partial charge in [-0.3, -0.25) is 0 Å². The van der Waals surface area contributed by atoms with Crippen LogP contribution in [0.3, 0.4) is 0 Å². The predicted molar refractivity (Wildman–Crippen MR) is 73.0 cm³/mol. The van der Waals surface area contributed by atoms with Crippen LogP contribution in [0.5, 0.6) is 0 Å². The van der Waals surface area contributed by atoms with Gasteiger partial charge >= 0.3 is 0 Å². The number of ether oxygens (including phenoxy) is 1. The number of nitrogens with zero attached hydrogens (tertiary/aromatic N) is 4. The van der Waals surface area contributed by atoms with Gasteiger partial charge in [-0.2, -0.15) is 8.75 Å². The summed E-state index contributed by atoms with van der Waals surface area (Å²) in [5, 5.41) is 0. The van der Waals surface area contributed by atoms with Crippen molar-refractivity contribution in [1.82, 2.24) is 13.6 Å². The Morgan fingerprint density at radius 2 is 2.06 bits per heavy atom. The van der Waals surface area contributed by atoms with Crippen LogP contribution in [0.2, 0.25) is 0 Å². The molecule has 0 bridgehead atoms. The molecule has 18 heavy (non-hydrogen) atoms. The zero-order valence-corrected chi connectivity index (χ0v) is 11.4. The smallest absolute Gasteiger partial charge is 0.170 e. The van der Waals surface area contributed by atoms with E-state index in [0.29, 0.717) is 0 Å². The molecule has 0 spiro atoms. The Kier molecular flexibility index (Phi) is 3.58. The van der Waals surface area contributed by atoms with E-state index >= 15 is 0 Å². The van der Waals surface area contributed by atoms with Gasteiger partial charge in [0.25, 0.3) is 0 Å². The summed E-state index contributed by atoms with van der Waals surface area (Å²) < 4.78 is 14.4. The van der Waals surface area contributed by atoms with Crippen LogP contribution in [0.1, 0.15) is 12.1 Å². The van der Waals surface area contributed by atoms with Crippen molar-refractivity contribution in [2.24, 2.45) is 0 Å². The molecule has 3 rings (SSSR count). The number of hydrogen-bond acceptors (Lipinski definition) is 6. The standard InChI is InChI=1S/C12H18N4OS/c1-15-4-2-3-10(9-15)11-12(14-18-13-11)16-5-7-17-8-6-16/h3H,2,4-9H2,1H3. The Balaban J connectivity index is 1.84. The van der Waals surface area contributed by atoms with Crippen LogP contribution < -0.4 is 4.90 Å². The molecule has 1 aromatic rings. The number of morpholine rings is 1. The van der Waals surface area contributed by atoms with Gasteiger partial charge in [-0.15, -0.1) is 0 Å². The second kappa shape index (κ2) is 5.34. The second-order valence-electron chi connectivity index (χ2n) is 4.79. The van der Waals surface area contributed by atoms with Crippen molar-refractivity contribution in [1.29, 1.82) is 0 Å². The van der Waals surface area contributed by atoms with Crippen molar-refractivity contribution in [2.45, 2.75) is 6.42 Å². The summed E-state index contributed by atoms with van der Waals surface area (Å²) in [4.78, 5) is 4.62. The third-order valence-corrected chi connectivity index (χ3v) is 3.95. The van der Waals surface area contributed by atoms with E-state index in [1.54, 1.807) is 0 Å². The van der Waals surface area contributed by atoms with Gasteiger partial charge in [0, 0.05) is 26.2 Å². The van der Waals surface area contributed by atoms with Crippen LogP contribution >= 0.6 is 11.7 Å². The van der Waals surface area contributed by atoms with E-state index in [1.807, 2.05) is 0 Å². The molecule has 2 aliphatic heterocycles. The van der Waals surface area contributed by atoms with Crippen LogP contribution in [-0.4, -0.2) is 60.1 Å². The van der Waals surface area contributed by atoms with E-state index in [4.69, 9.17) is 4.74 Å². The van der Waals surface area contributed by atoms with Crippen molar-refractivity contribution in [3.05, 3.63) is 11.8 Å². The lowest BCUT2D eigenvalue weighted by atomic mass is 10.1. The van der Waals surface area contributed by atoms with Gasteiger partial charge in [0.05, 0.1) is 24.9 Å². The molecular weight excluding hydrogens is 248 g/mol. The molecule has 98 valence electrons. The van der Waals surface area contributed by atoms with Gasteiger partial charge in [-0.1, -0.05) is 6.08 Å². The topological polar surface area (TPSA) is 41.5 Å². The first-order valence-electron chi connectivity index (χ1n) is 6.38. The van der Waals surface area contributed by atoms with Crippen molar-refractivity contribution in [2.75, 3.05) is 51.3 Å². The van der Waals surface area contributed by atoms with Gasteiger partial charge in [0.1, 0.15) is 5.69 Å². The Labute approximate surface area is 111 Å². The zero-order valence-electron chi connectivity index (χ0n) is 10.6. The molecule has 0 aromatic carbocycles. The highest BCUT2D eigenvalue weighted by atomic mass is 32.1. The summed E-state index contributed by atoms with van der Waals surface area (Å²) >= 11 is 1.31. The fourth-order valence-corrected chi connectivity index (χ4v) is 3.03. The first-order chi connectivity index (χ1) is 8.84. The fraction of sp³-hybridized carbons (Fsp3) is 0.667. The lowest BCUT2D eigenvalue weighted by Crippen LogP contribution is -2.37. The summed E-state index contributed by atoms with van der Waals surface area (Å²) in [6, 6.07) is 0. The quantitative estimate of drug-likeness (QED) is 0.801. The highest BCUT2D eigenvalue weighted by molar-refractivity contribution is 6.99. The van der Waals surface area contributed by atoms with Crippen LogP contribution in [0, 0.1) is 0 Å². The highest BCUT2D eigenvalue weighted by Gasteiger charge is 2.22. The monoisotopic (exact) mass is 266 g/mol. The van der Waals surface area contributed by atoms with Crippen molar-refractivity contribution >= 4 is 23.1 Å². The molecular formula is C12H18N4OS. The van der Waals surface area contributed by atoms with Crippen molar-refractivity contribution in [3.63, 3.8) is 0 Å². The van der Waals surface area contributed by atoms with Gasteiger partial charge in [-0.05, 0) is 19.0 Å². The molecule has 0 radical (unpaired) electrons. The zero-order chi connectivity index (χ0) is 12.4. The molecule has 1 fully saturated rings. The molecule has 1 saturated heterocycles. The van der Waals surface area contributed by atoms with Crippen LogP contribution in [0.25, 0.3) is 5.57 Å². The van der Waals surface area contributed by atoms with Gasteiger partial charge in [-0.25, -0.2) is 0 Å². The minimum atomic E-state index is 0.788. The third-order valence-electron chi connectivity index (χ3n) is 3.43. The first kappa shape index (κ1) is 12.1. The molecule has 0 amide bonds. The number of anilines is 1. The summed E-state index contributed by atoms with van der Waals surface area (Å²) in [7, 11) is 2.15. The molecule has 0 N–H and O–H groups in total. The lowest BCUT2D eigenvalue weighted by molar-refractivity contribution is 0.122. The number of hydrogen-bond donors (Lipinski definition) is 0. The fourth-order valence-electron chi connectivity index (χ4n) is 2.43. The average molecular weight is 266 g/mol. The van der Waals surface area contributed by atoms with Gasteiger partial charge < -0.3 is 14.5 Å². The average Bonchev–Trinajstić information content (AvgIpc) is 2.89. The molecule has 0 saturated carbocycles. The predicted octanol–water partition coefficient (Wildman–Crippen LogP) is 1.09. The second-order valence-corrected chi connectivity index (χ2v) is 5.32. The summed E-state index contributed by atoms with van der Waals surface area (Å²) in [6.45, 7) is 5.52. The normalized spacial score (nSPS) is 22.1. The Morgan fingerprint density at radius 3 is 2.83 bits per heavy atom. The van der Waals surface area contributed by atoms with E-state index in [1.165, 1.54) is 17.3 Å². The van der Waals surface area contributed by atoms with E-state index in [-0.39, 0.29) is 0 Å². The molecule has 0 aliphatic carbocycles. The lowest BCUT2D eigenvalue weighted by Gasteiger charge is -2.28. The number of likely N-dealkylation sites (N-methyl/N-ethyl adjacent to an activating group) is 1. The maximum Gasteiger partial charge on any atom is 0.170 e. The Bertz CT molecular complexity index is 439. The van der Waals surface area contributed by atoms with E-state index in [0.717, 1.165) is 57.3 Å². The molecule has 6 heteroatoms. The largest absolute Gasteiger partial charge is 0.378 e. The molecule has 0 unspecified atom stereocenters. The van der Waals surface area contributed by atoms with Crippen molar-refractivity contribution in [3.8, 4) is 0 Å². The molecule has 0 atom stereocenters. The summed E-state index contributed by atoms with van der Waals surface area (Å²) in [6.07, 6.45) is 3.41. The molecule has 1 aromatic heterocycles. The van der Waals surface area contributed by atoms with Crippen LogP contribution in [-0.2, 0) is 4.74 Å². The van der Waals surface area contributed by atoms with E-state index in [2.05, 4.69) is 31.7 Å².